The summed E-state index contributed by atoms with van der Waals surface area (Å²) >= 11 is 0. The number of rotatable bonds is 2. The number of amides is 1. The minimum absolute atomic E-state index is 0.0596. The SMILES string of the molecule is COC1CCCN(C(=O)[C@@H]2CCCCN2)C1. The van der Waals surface area contributed by atoms with Crippen LogP contribution in [0.3, 0.4) is 0 Å². The van der Waals surface area contributed by atoms with E-state index in [1.54, 1.807) is 7.11 Å². The average molecular weight is 226 g/mol. The number of nitrogens with one attached hydrogen (secondary N) is 1. The Bertz CT molecular complexity index is 239. The Hall–Kier alpha value is -0.610. The summed E-state index contributed by atoms with van der Waals surface area (Å²) < 4.78 is 5.34. The van der Waals surface area contributed by atoms with Crippen LogP contribution in [0.15, 0.2) is 0 Å². The van der Waals surface area contributed by atoms with Crippen molar-refractivity contribution in [2.75, 3.05) is 26.7 Å². The van der Waals surface area contributed by atoms with Gasteiger partial charge in [0.25, 0.3) is 0 Å². The molecule has 0 aliphatic carbocycles. The van der Waals surface area contributed by atoms with E-state index >= 15 is 0 Å². The molecule has 2 atom stereocenters. The van der Waals surface area contributed by atoms with Crippen molar-refractivity contribution in [3.05, 3.63) is 0 Å². The average Bonchev–Trinajstić information content (AvgIpc) is 2.39. The number of ether oxygens (including phenoxy) is 1. The van der Waals surface area contributed by atoms with E-state index in [2.05, 4.69) is 5.32 Å². The first kappa shape index (κ1) is 11.9. The van der Waals surface area contributed by atoms with Crippen molar-refractivity contribution < 1.29 is 9.53 Å². The van der Waals surface area contributed by atoms with Crippen LogP contribution in [0, 0.1) is 0 Å². The van der Waals surface area contributed by atoms with Crippen LogP contribution in [0.4, 0.5) is 0 Å². The van der Waals surface area contributed by atoms with E-state index in [1.165, 1.54) is 12.8 Å². The molecule has 2 saturated heterocycles. The van der Waals surface area contributed by atoms with Crippen LogP contribution in [-0.2, 0) is 9.53 Å². The van der Waals surface area contributed by atoms with Gasteiger partial charge in [0.05, 0.1) is 12.1 Å². The smallest absolute Gasteiger partial charge is 0.239 e. The van der Waals surface area contributed by atoms with Gasteiger partial charge in [-0.2, -0.15) is 0 Å². The van der Waals surface area contributed by atoms with Crippen molar-refractivity contribution in [2.45, 2.75) is 44.2 Å². The third-order valence-corrected chi connectivity index (χ3v) is 3.63. The van der Waals surface area contributed by atoms with E-state index in [4.69, 9.17) is 4.74 Å². The molecule has 0 aromatic heterocycles. The third kappa shape index (κ3) is 2.74. The van der Waals surface area contributed by atoms with Crippen LogP contribution in [0.5, 0.6) is 0 Å². The van der Waals surface area contributed by atoms with Gasteiger partial charge in [0.2, 0.25) is 5.91 Å². The molecular formula is C12H22N2O2. The van der Waals surface area contributed by atoms with Crippen molar-refractivity contribution in [2.24, 2.45) is 0 Å². The van der Waals surface area contributed by atoms with E-state index in [0.29, 0.717) is 0 Å². The Morgan fingerprint density at radius 2 is 2.19 bits per heavy atom. The fourth-order valence-electron chi connectivity index (χ4n) is 2.61. The molecule has 1 N–H and O–H groups in total. The van der Waals surface area contributed by atoms with Gasteiger partial charge in [0, 0.05) is 20.2 Å². The summed E-state index contributed by atoms with van der Waals surface area (Å²) in [5, 5.41) is 3.32. The molecule has 0 aromatic rings. The van der Waals surface area contributed by atoms with Crippen LogP contribution in [-0.4, -0.2) is 49.7 Å². The maximum atomic E-state index is 12.2. The predicted molar refractivity (Wildman–Crippen MR) is 62.3 cm³/mol. The zero-order chi connectivity index (χ0) is 11.4. The van der Waals surface area contributed by atoms with Gasteiger partial charge in [-0.3, -0.25) is 4.79 Å². The Morgan fingerprint density at radius 3 is 2.88 bits per heavy atom. The van der Waals surface area contributed by atoms with Gasteiger partial charge < -0.3 is 15.0 Å². The Kier molecular flexibility index (Phi) is 4.18. The molecular weight excluding hydrogens is 204 g/mol. The molecule has 0 aromatic carbocycles. The first-order valence-electron chi connectivity index (χ1n) is 6.36. The minimum atomic E-state index is 0.0596. The maximum absolute atomic E-state index is 12.2. The second-order valence-corrected chi connectivity index (χ2v) is 4.79. The molecule has 0 radical (unpaired) electrons. The monoisotopic (exact) mass is 226 g/mol. The van der Waals surface area contributed by atoms with Crippen LogP contribution >= 0.6 is 0 Å². The summed E-state index contributed by atoms with van der Waals surface area (Å²) in [6.45, 7) is 2.66. The van der Waals surface area contributed by atoms with E-state index in [-0.39, 0.29) is 18.1 Å². The molecule has 0 saturated carbocycles. The summed E-state index contributed by atoms with van der Waals surface area (Å²) in [6, 6.07) is 0.0596. The van der Waals surface area contributed by atoms with E-state index in [9.17, 15) is 4.79 Å². The summed E-state index contributed by atoms with van der Waals surface area (Å²) in [4.78, 5) is 14.2. The highest BCUT2D eigenvalue weighted by Gasteiger charge is 2.29. The van der Waals surface area contributed by atoms with Gasteiger partial charge in [-0.1, -0.05) is 6.42 Å². The van der Waals surface area contributed by atoms with Crippen LogP contribution in [0.1, 0.15) is 32.1 Å². The summed E-state index contributed by atoms with van der Waals surface area (Å²) in [6.07, 6.45) is 5.75. The molecule has 4 heteroatoms. The highest BCUT2D eigenvalue weighted by Crippen LogP contribution is 2.16. The van der Waals surface area contributed by atoms with Gasteiger partial charge in [0.1, 0.15) is 0 Å². The summed E-state index contributed by atoms with van der Waals surface area (Å²) in [7, 11) is 1.73. The lowest BCUT2D eigenvalue weighted by Gasteiger charge is -2.35. The van der Waals surface area contributed by atoms with E-state index in [1.807, 2.05) is 4.90 Å². The second kappa shape index (κ2) is 5.64. The van der Waals surface area contributed by atoms with Crippen molar-refractivity contribution in [3.8, 4) is 0 Å². The number of carbonyl (C=O) groups excluding carboxylic acids is 1. The van der Waals surface area contributed by atoms with Crippen molar-refractivity contribution >= 4 is 5.91 Å². The molecule has 16 heavy (non-hydrogen) atoms. The number of hydrogen-bond acceptors (Lipinski definition) is 3. The number of likely N-dealkylation sites (tertiary alicyclic amines) is 1. The lowest BCUT2D eigenvalue weighted by Crippen LogP contribution is -2.52. The van der Waals surface area contributed by atoms with Gasteiger partial charge >= 0.3 is 0 Å². The third-order valence-electron chi connectivity index (χ3n) is 3.63. The van der Waals surface area contributed by atoms with Crippen molar-refractivity contribution in [3.63, 3.8) is 0 Å². The number of nitrogens with zero attached hydrogens (tertiary/aromatic N) is 1. The van der Waals surface area contributed by atoms with Crippen LogP contribution in [0.25, 0.3) is 0 Å². The van der Waals surface area contributed by atoms with E-state index < -0.39 is 0 Å². The minimum Gasteiger partial charge on any atom is -0.380 e. The lowest BCUT2D eigenvalue weighted by atomic mass is 10.0. The molecule has 2 aliphatic rings. The Balaban J connectivity index is 1.87. The number of piperidine rings is 2. The molecule has 1 unspecified atom stereocenters. The Labute approximate surface area is 97.3 Å². The summed E-state index contributed by atoms with van der Waals surface area (Å²) in [5.41, 5.74) is 0. The highest BCUT2D eigenvalue weighted by molar-refractivity contribution is 5.82. The summed E-state index contributed by atoms with van der Waals surface area (Å²) in [5.74, 6) is 0.279. The molecule has 4 nitrogen and oxygen atoms in total. The van der Waals surface area contributed by atoms with Gasteiger partial charge in [-0.15, -0.1) is 0 Å². The lowest BCUT2D eigenvalue weighted by molar-refractivity contribution is -0.137. The standard InChI is InChI=1S/C12H22N2O2/c1-16-10-5-4-8-14(9-10)12(15)11-6-2-3-7-13-11/h10-11,13H,2-9H2,1H3/t10?,11-/m0/s1. The zero-order valence-corrected chi connectivity index (χ0v) is 10.1. The van der Waals surface area contributed by atoms with Crippen LogP contribution < -0.4 is 5.32 Å². The molecule has 1 amide bonds. The molecule has 2 aliphatic heterocycles. The quantitative estimate of drug-likeness (QED) is 0.756. The van der Waals surface area contributed by atoms with Gasteiger partial charge in [-0.25, -0.2) is 0 Å². The molecule has 2 fully saturated rings. The van der Waals surface area contributed by atoms with Gasteiger partial charge in [0.15, 0.2) is 0 Å². The normalized spacial score (nSPS) is 31.4. The first-order chi connectivity index (χ1) is 7.81. The molecule has 0 bridgehead atoms. The molecule has 2 rings (SSSR count). The number of methoxy groups -OCH3 is 1. The molecule has 0 spiro atoms. The van der Waals surface area contributed by atoms with Gasteiger partial charge in [-0.05, 0) is 32.2 Å². The van der Waals surface area contributed by atoms with Crippen molar-refractivity contribution in [1.82, 2.24) is 10.2 Å². The first-order valence-corrected chi connectivity index (χ1v) is 6.36. The topological polar surface area (TPSA) is 41.6 Å². The number of carbonyl (C=O) groups is 1. The van der Waals surface area contributed by atoms with E-state index in [0.717, 1.165) is 38.9 Å². The Morgan fingerprint density at radius 1 is 1.31 bits per heavy atom. The zero-order valence-electron chi connectivity index (χ0n) is 10.1. The molecule has 2 heterocycles. The maximum Gasteiger partial charge on any atom is 0.239 e. The number of hydrogen-bond donors (Lipinski definition) is 1. The largest absolute Gasteiger partial charge is 0.380 e. The van der Waals surface area contributed by atoms with Crippen LogP contribution in [0.2, 0.25) is 0 Å². The second-order valence-electron chi connectivity index (χ2n) is 4.79. The predicted octanol–water partition coefficient (Wildman–Crippen LogP) is 0.766. The highest BCUT2D eigenvalue weighted by atomic mass is 16.5. The molecule has 92 valence electrons. The fraction of sp³-hybridized carbons (Fsp3) is 0.917. The van der Waals surface area contributed by atoms with Crippen molar-refractivity contribution in [1.29, 1.82) is 0 Å². The fourth-order valence-corrected chi connectivity index (χ4v) is 2.61.